The third-order valence-corrected chi connectivity index (χ3v) is 7.96. The van der Waals surface area contributed by atoms with E-state index in [1.54, 1.807) is 42.0 Å². The third kappa shape index (κ3) is 5.61. The molecule has 11 heteroatoms. The van der Waals surface area contributed by atoms with Gasteiger partial charge in [0.1, 0.15) is 0 Å². The number of hydrogen-bond donors (Lipinski definition) is 2. The zero-order valence-corrected chi connectivity index (χ0v) is 24.2. The highest BCUT2D eigenvalue weighted by atomic mass is 16.6. The van der Waals surface area contributed by atoms with E-state index in [0.717, 1.165) is 5.56 Å². The minimum atomic E-state index is -1.89. The molecule has 2 aliphatic rings. The number of rotatable bonds is 12. The Kier molecular flexibility index (Phi) is 8.56. The van der Waals surface area contributed by atoms with Gasteiger partial charge in [-0.2, -0.15) is 0 Å². The molecule has 3 heterocycles. The molecule has 0 aliphatic carbocycles. The number of ether oxygens (including phenoxy) is 1. The molecule has 43 heavy (non-hydrogen) atoms. The number of esters is 1. The van der Waals surface area contributed by atoms with Gasteiger partial charge in [-0.3, -0.25) is 24.0 Å². The number of fused-ring (bicyclic) bond motifs is 1. The first kappa shape index (κ1) is 29.9. The van der Waals surface area contributed by atoms with Gasteiger partial charge in [0.2, 0.25) is 5.91 Å². The number of carbonyl (C=O) groups excluding carboxylic acids is 3. The van der Waals surface area contributed by atoms with Crippen LogP contribution in [0.1, 0.15) is 49.4 Å². The molecule has 2 aromatic carbocycles. The van der Waals surface area contributed by atoms with Crippen LogP contribution in [0.5, 0.6) is 0 Å². The quantitative estimate of drug-likeness (QED) is 0.188. The second kappa shape index (κ2) is 12.3. The molecule has 0 saturated carbocycles. The van der Waals surface area contributed by atoms with Crippen LogP contribution in [-0.2, 0) is 31.3 Å². The minimum Gasteiger partial charge on any atom is -0.441 e. The number of benzene rings is 2. The number of nitrogens with zero attached hydrogens (tertiary/aromatic N) is 5. The van der Waals surface area contributed by atoms with Gasteiger partial charge < -0.3 is 19.8 Å². The van der Waals surface area contributed by atoms with Crippen molar-refractivity contribution in [2.45, 2.75) is 51.0 Å². The second-order valence-corrected chi connectivity index (χ2v) is 10.8. The average Bonchev–Trinajstić information content (AvgIpc) is 3.53. The molecular weight excluding hydrogens is 550 g/mol. The lowest BCUT2D eigenvalue weighted by Crippen LogP contribution is -2.55. The smallest absolute Gasteiger partial charge is 0.304 e. The number of aliphatic hydroxyl groups is 2. The van der Waals surface area contributed by atoms with E-state index in [2.05, 4.69) is 16.9 Å². The Morgan fingerprint density at radius 1 is 1.23 bits per heavy atom. The fourth-order valence-corrected chi connectivity index (χ4v) is 5.66. The Morgan fingerprint density at radius 2 is 2.00 bits per heavy atom. The maximum Gasteiger partial charge on any atom is 0.304 e. The molecule has 4 atom stereocenters. The molecule has 2 amide bonds. The van der Waals surface area contributed by atoms with Crippen LogP contribution in [-0.4, -0.2) is 62.4 Å². The summed E-state index contributed by atoms with van der Waals surface area (Å²) in [7, 11) is 0. The van der Waals surface area contributed by atoms with E-state index in [1.807, 2.05) is 42.6 Å². The molecule has 11 nitrogen and oxygen atoms in total. The van der Waals surface area contributed by atoms with E-state index in [0.29, 0.717) is 35.6 Å². The zero-order chi connectivity index (χ0) is 30.7. The number of carbonyl (C=O) groups is 3. The standard InChI is InChI=1S/C32H35N5O6/c1-4-15-36-28-14-13-24(37-29(40)18-30(37)43-22(3)39)17-26(28)32(42,31(36)41)21(2)10-8-9-16-35-19-27(33-34-35)25(20-38)23-11-6-5-7-12-23/h4-8,10-14,17,19,21,25,30,38,42H,1,9,15-16,18,20H2,2-3H3/b10-8+/t21-,25?,30?,32+/m0/s1. The second-order valence-electron chi connectivity index (χ2n) is 10.8. The Labute approximate surface area is 249 Å². The summed E-state index contributed by atoms with van der Waals surface area (Å²) in [4.78, 5) is 40.4. The van der Waals surface area contributed by atoms with Gasteiger partial charge in [0.15, 0.2) is 11.8 Å². The van der Waals surface area contributed by atoms with Gasteiger partial charge in [-0.25, -0.2) is 0 Å². The maximum atomic E-state index is 13.6. The Morgan fingerprint density at radius 3 is 2.67 bits per heavy atom. The van der Waals surface area contributed by atoms with E-state index in [4.69, 9.17) is 4.74 Å². The van der Waals surface area contributed by atoms with Crippen molar-refractivity contribution in [1.82, 2.24) is 15.0 Å². The van der Waals surface area contributed by atoms with Gasteiger partial charge in [0.25, 0.3) is 5.91 Å². The molecule has 0 spiro atoms. The van der Waals surface area contributed by atoms with Crippen molar-refractivity contribution >= 4 is 29.2 Å². The Hall–Kier alpha value is -4.61. The van der Waals surface area contributed by atoms with Crippen molar-refractivity contribution in [3.8, 4) is 0 Å². The molecule has 1 saturated heterocycles. The fourth-order valence-electron chi connectivity index (χ4n) is 5.66. The fraction of sp³-hybridized carbons (Fsp3) is 0.344. The SMILES string of the molecule is C=CCN1C(=O)[C@@](O)([C@@H](C)/C=C/CCn2cc(C(CO)c3ccccc3)nn2)c2cc(N3C(=O)CC3OC(C)=O)ccc21. The van der Waals surface area contributed by atoms with Gasteiger partial charge in [0, 0.05) is 43.4 Å². The lowest BCUT2D eigenvalue weighted by atomic mass is 9.82. The molecule has 2 unspecified atom stereocenters. The summed E-state index contributed by atoms with van der Waals surface area (Å²) in [5.74, 6) is -2.10. The van der Waals surface area contributed by atoms with Crippen molar-refractivity contribution < 1.29 is 29.3 Å². The molecule has 3 aromatic rings. The van der Waals surface area contributed by atoms with Crippen molar-refractivity contribution in [2.75, 3.05) is 23.0 Å². The summed E-state index contributed by atoms with van der Waals surface area (Å²) in [6, 6.07) is 14.6. The molecule has 1 fully saturated rings. The molecule has 224 valence electrons. The Balaban J connectivity index is 1.32. The number of amides is 2. The van der Waals surface area contributed by atoms with Gasteiger partial charge in [-0.15, -0.1) is 11.7 Å². The number of hydrogen-bond acceptors (Lipinski definition) is 8. The van der Waals surface area contributed by atoms with Crippen LogP contribution in [0, 0.1) is 5.92 Å². The zero-order valence-electron chi connectivity index (χ0n) is 24.2. The van der Waals surface area contributed by atoms with E-state index >= 15 is 0 Å². The van der Waals surface area contributed by atoms with Crippen LogP contribution < -0.4 is 9.80 Å². The van der Waals surface area contributed by atoms with Crippen molar-refractivity contribution in [3.05, 3.63) is 96.4 Å². The number of aromatic nitrogens is 3. The third-order valence-electron chi connectivity index (χ3n) is 7.96. The predicted octanol–water partition coefficient (Wildman–Crippen LogP) is 3.03. The summed E-state index contributed by atoms with van der Waals surface area (Å²) < 4.78 is 6.94. The summed E-state index contributed by atoms with van der Waals surface area (Å²) >= 11 is 0. The largest absolute Gasteiger partial charge is 0.441 e. The van der Waals surface area contributed by atoms with Crippen LogP contribution >= 0.6 is 0 Å². The van der Waals surface area contributed by atoms with E-state index in [9.17, 15) is 24.6 Å². The van der Waals surface area contributed by atoms with Gasteiger partial charge in [0.05, 0.1) is 30.3 Å². The van der Waals surface area contributed by atoms with Gasteiger partial charge >= 0.3 is 5.97 Å². The number of anilines is 2. The molecule has 0 bridgehead atoms. The highest BCUT2D eigenvalue weighted by Gasteiger charge is 2.53. The first-order valence-corrected chi connectivity index (χ1v) is 14.2. The van der Waals surface area contributed by atoms with Gasteiger partial charge in [-0.1, -0.05) is 60.7 Å². The number of allylic oxidation sites excluding steroid dienone is 1. The van der Waals surface area contributed by atoms with Crippen LogP contribution in [0.2, 0.25) is 0 Å². The van der Waals surface area contributed by atoms with Crippen molar-refractivity contribution in [1.29, 1.82) is 0 Å². The van der Waals surface area contributed by atoms with Crippen LogP contribution in [0.15, 0.2) is 79.5 Å². The molecule has 0 radical (unpaired) electrons. The number of β-lactam (4-membered cyclic amide) rings is 1. The molecule has 5 rings (SSSR count). The normalized spacial score (nSPS) is 21.1. The first-order valence-electron chi connectivity index (χ1n) is 14.2. The highest BCUT2D eigenvalue weighted by Crippen LogP contribution is 2.47. The van der Waals surface area contributed by atoms with Crippen LogP contribution in [0.3, 0.4) is 0 Å². The molecular formula is C32H35N5O6. The first-order chi connectivity index (χ1) is 20.7. The topological polar surface area (TPSA) is 138 Å². The number of aryl methyl sites for hydroxylation is 1. The summed E-state index contributed by atoms with van der Waals surface area (Å²) in [6.45, 7) is 7.41. The summed E-state index contributed by atoms with van der Waals surface area (Å²) in [5, 5.41) is 30.3. The minimum absolute atomic E-state index is 0.0712. The van der Waals surface area contributed by atoms with Crippen LogP contribution in [0.25, 0.3) is 0 Å². The van der Waals surface area contributed by atoms with E-state index in [1.165, 1.54) is 16.7 Å². The van der Waals surface area contributed by atoms with Crippen LogP contribution in [0.4, 0.5) is 11.4 Å². The monoisotopic (exact) mass is 585 g/mol. The molecule has 2 N–H and O–H groups in total. The summed E-state index contributed by atoms with van der Waals surface area (Å²) in [5.41, 5.74) is 1.06. The van der Waals surface area contributed by atoms with E-state index in [-0.39, 0.29) is 31.4 Å². The predicted molar refractivity (Wildman–Crippen MR) is 159 cm³/mol. The van der Waals surface area contributed by atoms with Crippen molar-refractivity contribution in [3.63, 3.8) is 0 Å². The lowest BCUT2D eigenvalue weighted by Gasteiger charge is -2.39. The Bertz CT molecular complexity index is 1550. The average molecular weight is 586 g/mol. The summed E-state index contributed by atoms with van der Waals surface area (Å²) in [6.07, 6.45) is 6.97. The van der Waals surface area contributed by atoms with E-state index < -0.39 is 29.6 Å². The van der Waals surface area contributed by atoms with Gasteiger partial charge in [-0.05, 0) is 30.2 Å². The highest BCUT2D eigenvalue weighted by molar-refractivity contribution is 6.08. The number of aliphatic hydroxyl groups excluding tert-OH is 1. The molecule has 1 aromatic heterocycles. The molecule has 2 aliphatic heterocycles. The lowest BCUT2D eigenvalue weighted by molar-refractivity contribution is -0.153. The maximum absolute atomic E-state index is 13.6. The van der Waals surface area contributed by atoms with Crippen molar-refractivity contribution in [2.24, 2.45) is 5.92 Å².